The number of Topliss-reactive ketones (excluding diaryl/α,β-unsaturated/α-hetero) is 1. The number of aryl methyl sites for hydroxylation is 1. The molecule has 3 rings (SSSR count). The summed E-state index contributed by atoms with van der Waals surface area (Å²) in [5.74, 6) is 0.875. The van der Waals surface area contributed by atoms with Gasteiger partial charge in [-0.1, -0.05) is 25.6 Å². The number of nitrogens with zero attached hydrogens (tertiary/aromatic N) is 4. The molecule has 0 unspecified atom stereocenters. The zero-order valence-corrected chi connectivity index (χ0v) is 14.5. The van der Waals surface area contributed by atoms with Crippen LogP contribution in [-0.4, -0.2) is 42.6 Å². The predicted octanol–water partition coefficient (Wildman–Crippen LogP) is 1.79. The highest BCUT2D eigenvalue weighted by atomic mass is 32.2. The molecule has 0 bridgehead atoms. The fraction of sp³-hybridized carbons (Fsp3) is 0.467. The van der Waals surface area contributed by atoms with E-state index < -0.39 is 0 Å². The minimum absolute atomic E-state index is 0.0506. The van der Waals surface area contributed by atoms with Crippen molar-refractivity contribution in [2.24, 2.45) is 5.41 Å². The van der Waals surface area contributed by atoms with Crippen LogP contribution in [0.2, 0.25) is 0 Å². The molecule has 0 atom stereocenters. The van der Waals surface area contributed by atoms with Gasteiger partial charge >= 0.3 is 0 Å². The Morgan fingerprint density at radius 2 is 2.17 bits per heavy atom. The summed E-state index contributed by atoms with van der Waals surface area (Å²) in [6.45, 7) is 5.86. The Hall–Kier alpha value is -2.29. The first-order chi connectivity index (χ1) is 11.3. The maximum Gasteiger partial charge on any atom is 0.237 e. The van der Waals surface area contributed by atoms with Crippen molar-refractivity contribution in [2.45, 2.75) is 38.8 Å². The summed E-state index contributed by atoms with van der Waals surface area (Å²) in [7, 11) is 0. The molecule has 2 aromatic rings. The Morgan fingerprint density at radius 1 is 1.38 bits per heavy atom. The first kappa shape index (κ1) is 16.6. The summed E-state index contributed by atoms with van der Waals surface area (Å²) in [6.07, 6.45) is 2.67. The van der Waals surface area contributed by atoms with Crippen molar-refractivity contribution >= 4 is 29.4 Å². The number of carbonyl (C=O) groups excluding carboxylic acids is 2. The van der Waals surface area contributed by atoms with Crippen LogP contribution in [0.3, 0.4) is 0 Å². The van der Waals surface area contributed by atoms with Gasteiger partial charge in [-0.2, -0.15) is 0 Å². The zero-order chi connectivity index (χ0) is 17.3. The van der Waals surface area contributed by atoms with Gasteiger partial charge in [0.25, 0.3) is 0 Å². The van der Waals surface area contributed by atoms with Crippen molar-refractivity contribution in [3.63, 3.8) is 0 Å². The van der Waals surface area contributed by atoms with E-state index in [9.17, 15) is 9.59 Å². The summed E-state index contributed by atoms with van der Waals surface area (Å²) in [6, 6.07) is 0. The van der Waals surface area contributed by atoms with Gasteiger partial charge in [-0.25, -0.2) is 15.0 Å². The van der Waals surface area contributed by atoms with E-state index in [1.807, 2.05) is 13.8 Å². The number of hydrogen-bond donors (Lipinski definition) is 2. The highest BCUT2D eigenvalue weighted by Gasteiger charge is 2.32. The second kappa shape index (κ2) is 6.31. The molecule has 0 saturated carbocycles. The number of fused-ring (bicyclic) bond motifs is 1. The number of aromatic nitrogens is 5. The van der Waals surface area contributed by atoms with Crippen molar-refractivity contribution in [1.82, 2.24) is 25.1 Å². The largest absolute Gasteiger partial charge is 0.294 e. The number of anilines is 1. The molecule has 24 heavy (non-hydrogen) atoms. The van der Waals surface area contributed by atoms with E-state index in [4.69, 9.17) is 0 Å². The zero-order valence-electron chi connectivity index (χ0n) is 13.7. The molecule has 0 radical (unpaired) electrons. The molecule has 0 saturated heterocycles. The summed E-state index contributed by atoms with van der Waals surface area (Å²) in [4.78, 5) is 36.7. The Balaban J connectivity index is 1.65. The van der Waals surface area contributed by atoms with Gasteiger partial charge in [0.05, 0.1) is 17.0 Å². The van der Waals surface area contributed by atoms with Gasteiger partial charge in [0.15, 0.2) is 5.78 Å². The summed E-state index contributed by atoms with van der Waals surface area (Å²) in [5, 5.41) is 9.84. The van der Waals surface area contributed by atoms with Crippen LogP contribution in [0.15, 0.2) is 11.4 Å². The number of ketones is 1. The number of H-pyrrole nitrogens is 1. The minimum atomic E-state index is -0.246. The highest BCUT2D eigenvalue weighted by Crippen LogP contribution is 2.33. The van der Waals surface area contributed by atoms with Gasteiger partial charge in [-0.05, 0) is 18.8 Å². The van der Waals surface area contributed by atoms with E-state index in [-0.39, 0.29) is 28.8 Å². The third-order valence-electron chi connectivity index (χ3n) is 3.61. The molecule has 1 amide bonds. The maximum absolute atomic E-state index is 12.1. The molecule has 1 aliphatic rings. The molecule has 2 N–H and O–H groups in total. The van der Waals surface area contributed by atoms with Crippen LogP contribution < -0.4 is 5.32 Å². The normalized spacial score (nSPS) is 15.9. The van der Waals surface area contributed by atoms with Crippen molar-refractivity contribution in [1.29, 1.82) is 0 Å². The molecule has 2 aromatic heterocycles. The fourth-order valence-electron chi connectivity index (χ4n) is 2.57. The van der Waals surface area contributed by atoms with E-state index in [2.05, 4.69) is 30.5 Å². The molecule has 9 heteroatoms. The average molecular weight is 346 g/mol. The Labute approximate surface area is 143 Å². The second-order valence-electron chi connectivity index (χ2n) is 6.54. The maximum atomic E-state index is 12.1. The third kappa shape index (κ3) is 3.78. The lowest BCUT2D eigenvalue weighted by Crippen LogP contribution is -2.28. The summed E-state index contributed by atoms with van der Waals surface area (Å²) < 4.78 is 0. The van der Waals surface area contributed by atoms with Crippen LogP contribution >= 0.6 is 11.8 Å². The van der Waals surface area contributed by atoms with Crippen LogP contribution in [0.1, 0.15) is 42.1 Å². The van der Waals surface area contributed by atoms with Crippen LogP contribution in [0, 0.1) is 12.3 Å². The van der Waals surface area contributed by atoms with E-state index in [1.165, 1.54) is 18.0 Å². The Kier molecular flexibility index (Phi) is 4.35. The van der Waals surface area contributed by atoms with Gasteiger partial charge in [0, 0.05) is 12.6 Å². The number of hydrogen-bond acceptors (Lipinski definition) is 7. The third-order valence-corrected chi connectivity index (χ3v) is 4.46. The molecule has 126 valence electrons. The Morgan fingerprint density at radius 3 is 2.88 bits per heavy atom. The number of aromatic amines is 1. The van der Waals surface area contributed by atoms with Crippen LogP contribution in [0.25, 0.3) is 0 Å². The van der Waals surface area contributed by atoms with Gasteiger partial charge in [0.1, 0.15) is 5.82 Å². The van der Waals surface area contributed by atoms with Crippen molar-refractivity contribution in [3.8, 4) is 0 Å². The first-order valence-corrected chi connectivity index (χ1v) is 8.52. The minimum Gasteiger partial charge on any atom is -0.294 e. The molecule has 0 aromatic carbocycles. The number of rotatable bonds is 4. The van der Waals surface area contributed by atoms with Gasteiger partial charge in [-0.15, -0.1) is 5.10 Å². The average Bonchev–Trinajstić information content (AvgIpc) is 2.89. The quantitative estimate of drug-likeness (QED) is 0.811. The molecular weight excluding hydrogens is 328 g/mol. The molecule has 1 aliphatic carbocycles. The standard InChI is InChI=1S/C15H18N6O2S/c1-8-17-14(21-20-8)24-7-12(23)19-13-16-6-9-10(18-13)4-15(2,3)5-11(9)22/h6H,4-5,7H2,1-3H3,(H,17,20,21)(H,16,18,19,23). The first-order valence-electron chi connectivity index (χ1n) is 7.53. The van der Waals surface area contributed by atoms with E-state index in [0.29, 0.717) is 35.1 Å². The molecule has 0 fully saturated rings. The second-order valence-corrected chi connectivity index (χ2v) is 7.48. The van der Waals surface area contributed by atoms with Crippen molar-refractivity contribution < 1.29 is 9.59 Å². The van der Waals surface area contributed by atoms with Crippen LogP contribution in [0.4, 0.5) is 5.95 Å². The van der Waals surface area contributed by atoms with Crippen molar-refractivity contribution in [2.75, 3.05) is 11.1 Å². The molecule has 0 aliphatic heterocycles. The highest BCUT2D eigenvalue weighted by molar-refractivity contribution is 7.99. The molecule has 2 heterocycles. The van der Waals surface area contributed by atoms with Crippen LogP contribution in [-0.2, 0) is 11.2 Å². The number of amides is 1. The van der Waals surface area contributed by atoms with Gasteiger partial charge in [-0.3, -0.25) is 20.0 Å². The lowest BCUT2D eigenvalue weighted by Gasteiger charge is -2.29. The number of nitrogens with one attached hydrogen (secondary N) is 2. The van der Waals surface area contributed by atoms with Crippen molar-refractivity contribution in [3.05, 3.63) is 23.3 Å². The van der Waals surface area contributed by atoms with Crippen LogP contribution in [0.5, 0.6) is 0 Å². The van der Waals surface area contributed by atoms with E-state index >= 15 is 0 Å². The van der Waals surface area contributed by atoms with Gasteiger partial charge in [0.2, 0.25) is 17.0 Å². The number of thioether (sulfide) groups is 1. The van der Waals surface area contributed by atoms with E-state index in [0.717, 1.165) is 0 Å². The molecular formula is C15H18N6O2S. The lowest BCUT2D eigenvalue weighted by molar-refractivity contribution is -0.113. The molecule has 8 nitrogen and oxygen atoms in total. The summed E-state index contributed by atoms with van der Waals surface area (Å²) in [5.41, 5.74) is 1.12. The SMILES string of the molecule is Cc1nc(SCC(=O)Nc2ncc3c(n2)CC(C)(C)CC3=O)n[nH]1. The van der Waals surface area contributed by atoms with E-state index in [1.54, 1.807) is 6.92 Å². The number of carbonyl (C=O) groups is 2. The smallest absolute Gasteiger partial charge is 0.237 e. The lowest BCUT2D eigenvalue weighted by atomic mass is 9.76. The van der Waals surface area contributed by atoms with Gasteiger partial charge < -0.3 is 0 Å². The molecule has 0 spiro atoms. The topological polar surface area (TPSA) is 114 Å². The monoisotopic (exact) mass is 346 g/mol. The predicted molar refractivity (Wildman–Crippen MR) is 88.9 cm³/mol. The summed E-state index contributed by atoms with van der Waals surface area (Å²) >= 11 is 1.22. The fourth-order valence-corrected chi connectivity index (χ4v) is 3.21. The Bertz CT molecular complexity index is 801.